The first-order chi connectivity index (χ1) is 11.0. The number of benzene rings is 1. The molecule has 0 unspecified atom stereocenters. The van der Waals surface area contributed by atoms with Gasteiger partial charge in [-0.2, -0.15) is 0 Å². The molecule has 0 atom stereocenters. The van der Waals surface area contributed by atoms with Crippen molar-refractivity contribution >= 4 is 11.8 Å². The summed E-state index contributed by atoms with van der Waals surface area (Å²) in [6.45, 7) is -0.396. The van der Waals surface area contributed by atoms with Crippen molar-refractivity contribution in [2.75, 3.05) is 13.6 Å². The number of carbonyl (C=O) groups is 2. The number of rotatable bonds is 6. The fourth-order valence-electron chi connectivity index (χ4n) is 1.57. The molecule has 2 rings (SSSR count). The molecule has 0 saturated carbocycles. The SMILES string of the molecule is CNC(=O)CNC(=O)c1cc(COc2ccc(F)cc2F)on1. The molecule has 1 aromatic carbocycles. The van der Waals surface area contributed by atoms with Gasteiger partial charge in [0.05, 0.1) is 6.54 Å². The maximum Gasteiger partial charge on any atom is 0.273 e. The minimum atomic E-state index is -0.854. The van der Waals surface area contributed by atoms with Crippen LogP contribution in [0.25, 0.3) is 0 Å². The molecule has 0 bridgehead atoms. The van der Waals surface area contributed by atoms with Crippen LogP contribution < -0.4 is 15.4 Å². The van der Waals surface area contributed by atoms with Gasteiger partial charge in [-0.25, -0.2) is 8.78 Å². The molecule has 0 aliphatic carbocycles. The molecule has 0 aliphatic heterocycles. The molecule has 1 heterocycles. The molecule has 2 amide bonds. The molecule has 23 heavy (non-hydrogen) atoms. The van der Waals surface area contributed by atoms with Crippen molar-refractivity contribution in [3.8, 4) is 5.75 Å². The second kappa shape index (κ2) is 7.34. The quantitative estimate of drug-likeness (QED) is 0.827. The van der Waals surface area contributed by atoms with Crippen LogP contribution in [0.4, 0.5) is 8.78 Å². The largest absolute Gasteiger partial charge is 0.482 e. The van der Waals surface area contributed by atoms with Gasteiger partial charge >= 0.3 is 0 Å². The Labute approximate surface area is 129 Å². The molecular formula is C14H13F2N3O4. The molecule has 0 aliphatic rings. The van der Waals surface area contributed by atoms with Crippen molar-refractivity contribution in [1.29, 1.82) is 0 Å². The number of ether oxygens (including phenoxy) is 1. The smallest absolute Gasteiger partial charge is 0.273 e. The summed E-state index contributed by atoms with van der Waals surface area (Å²) in [4.78, 5) is 22.7. The lowest BCUT2D eigenvalue weighted by Gasteiger charge is -2.04. The Bertz CT molecular complexity index is 718. The third kappa shape index (κ3) is 4.50. The van der Waals surface area contributed by atoms with E-state index in [-0.39, 0.29) is 36.3 Å². The molecule has 2 N–H and O–H groups in total. The standard InChI is InChI=1S/C14H13F2N3O4/c1-17-13(20)6-18-14(21)11-5-9(23-19-11)7-22-12-3-2-8(15)4-10(12)16/h2-5H,6-7H2,1H3,(H,17,20)(H,18,21). The molecule has 0 radical (unpaired) electrons. The van der Waals surface area contributed by atoms with E-state index in [0.29, 0.717) is 6.07 Å². The van der Waals surface area contributed by atoms with Gasteiger partial charge in [0, 0.05) is 19.2 Å². The van der Waals surface area contributed by atoms with Gasteiger partial charge in [0.15, 0.2) is 23.0 Å². The van der Waals surface area contributed by atoms with E-state index in [1.54, 1.807) is 0 Å². The van der Waals surface area contributed by atoms with Crippen LogP contribution in [0, 0.1) is 11.6 Å². The summed E-state index contributed by atoms with van der Waals surface area (Å²) in [5.74, 6) is -2.53. The maximum atomic E-state index is 13.4. The van der Waals surface area contributed by atoms with E-state index in [2.05, 4.69) is 15.8 Å². The van der Waals surface area contributed by atoms with Crippen LogP contribution >= 0.6 is 0 Å². The highest BCUT2D eigenvalue weighted by Gasteiger charge is 2.14. The van der Waals surface area contributed by atoms with E-state index in [0.717, 1.165) is 12.1 Å². The Kier molecular flexibility index (Phi) is 5.23. The van der Waals surface area contributed by atoms with E-state index in [9.17, 15) is 18.4 Å². The van der Waals surface area contributed by atoms with E-state index in [4.69, 9.17) is 9.26 Å². The predicted octanol–water partition coefficient (Wildman–Crippen LogP) is 1.01. The fraction of sp³-hybridized carbons (Fsp3) is 0.214. The summed E-state index contributed by atoms with van der Waals surface area (Å²) < 4.78 is 36.1. The van der Waals surface area contributed by atoms with Gasteiger partial charge in [-0.15, -0.1) is 0 Å². The normalized spacial score (nSPS) is 10.2. The highest BCUT2D eigenvalue weighted by atomic mass is 19.1. The number of aromatic nitrogens is 1. The van der Waals surface area contributed by atoms with Crippen molar-refractivity contribution < 1.29 is 27.6 Å². The first-order valence-electron chi connectivity index (χ1n) is 6.52. The van der Waals surface area contributed by atoms with E-state index in [1.165, 1.54) is 13.1 Å². The Morgan fingerprint density at radius 2 is 2.09 bits per heavy atom. The predicted molar refractivity (Wildman–Crippen MR) is 73.6 cm³/mol. The summed E-state index contributed by atoms with van der Waals surface area (Å²) in [5.41, 5.74) is -0.0490. The van der Waals surface area contributed by atoms with Gasteiger partial charge in [0.25, 0.3) is 5.91 Å². The number of nitrogens with zero attached hydrogens (tertiary/aromatic N) is 1. The lowest BCUT2D eigenvalue weighted by Crippen LogP contribution is -2.35. The second-order valence-electron chi connectivity index (χ2n) is 4.40. The summed E-state index contributed by atoms with van der Waals surface area (Å²) >= 11 is 0. The number of amides is 2. The number of hydrogen-bond acceptors (Lipinski definition) is 5. The molecule has 1 aromatic heterocycles. The highest BCUT2D eigenvalue weighted by Crippen LogP contribution is 2.19. The van der Waals surface area contributed by atoms with E-state index in [1.807, 2.05) is 0 Å². The first-order valence-corrected chi connectivity index (χ1v) is 6.52. The van der Waals surface area contributed by atoms with Gasteiger partial charge in [-0.05, 0) is 12.1 Å². The lowest BCUT2D eigenvalue weighted by atomic mass is 10.3. The van der Waals surface area contributed by atoms with Crippen LogP contribution in [0.2, 0.25) is 0 Å². The van der Waals surface area contributed by atoms with Crippen molar-refractivity contribution in [1.82, 2.24) is 15.8 Å². The molecule has 9 heteroatoms. The minimum Gasteiger partial charge on any atom is -0.482 e. The van der Waals surface area contributed by atoms with E-state index >= 15 is 0 Å². The third-order valence-electron chi connectivity index (χ3n) is 2.74. The summed E-state index contributed by atoms with van der Waals surface area (Å²) in [6.07, 6.45) is 0. The van der Waals surface area contributed by atoms with Crippen LogP contribution in [-0.2, 0) is 11.4 Å². The van der Waals surface area contributed by atoms with Crippen LogP contribution in [-0.4, -0.2) is 30.6 Å². The second-order valence-corrected chi connectivity index (χ2v) is 4.40. The molecule has 0 saturated heterocycles. The number of nitrogens with one attached hydrogen (secondary N) is 2. The highest BCUT2D eigenvalue weighted by molar-refractivity contribution is 5.94. The first kappa shape index (κ1) is 16.4. The number of likely N-dealkylation sites (N-methyl/N-ethyl adjacent to an activating group) is 1. The summed E-state index contributed by atoms with van der Waals surface area (Å²) in [5, 5.41) is 8.20. The zero-order valence-corrected chi connectivity index (χ0v) is 12.1. The number of hydrogen-bond donors (Lipinski definition) is 2. The van der Waals surface area contributed by atoms with Crippen molar-refractivity contribution in [3.63, 3.8) is 0 Å². The zero-order chi connectivity index (χ0) is 16.8. The van der Waals surface area contributed by atoms with Crippen LogP contribution in [0.3, 0.4) is 0 Å². The van der Waals surface area contributed by atoms with Crippen molar-refractivity contribution in [2.24, 2.45) is 0 Å². The average molecular weight is 325 g/mol. The monoisotopic (exact) mass is 325 g/mol. The molecule has 7 nitrogen and oxygen atoms in total. The minimum absolute atomic E-state index is 0.0490. The van der Waals surface area contributed by atoms with Crippen LogP contribution in [0.15, 0.2) is 28.8 Å². The van der Waals surface area contributed by atoms with Gasteiger partial charge < -0.3 is 19.9 Å². The molecule has 2 aromatic rings. The van der Waals surface area contributed by atoms with Crippen molar-refractivity contribution in [3.05, 3.63) is 47.4 Å². The molecule has 122 valence electrons. The Morgan fingerprint density at radius 3 is 2.78 bits per heavy atom. The lowest BCUT2D eigenvalue weighted by molar-refractivity contribution is -0.119. The van der Waals surface area contributed by atoms with Gasteiger partial charge in [-0.3, -0.25) is 9.59 Å². The summed E-state index contributed by atoms with van der Waals surface area (Å²) in [7, 11) is 1.44. The topological polar surface area (TPSA) is 93.5 Å². The number of carbonyl (C=O) groups excluding carboxylic acids is 2. The molecule has 0 fully saturated rings. The zero-order valence-electron chi connectivity index (χ0n) is 12.1. The van der Waals surface area contributed by atoms with E-state index < -0.39 is 17.5 Å². The maximum absolute atomic E-state index is 13.4. The van der Waals surface area contributed by atoms with Gasteiger partial charge in [0.1, 0.15) is 12.4 Å². The fourth-order valence-corrected chi connectivity index (χ4v) is 1.57. The molecule has 0 spiro atoms. The Hall–Kier alpha value is -2.97. The van der Waals surface area contributed by atoms with Crippen molar-refractivity contribution in [2.45, 2.75) is 6.61 Å². The van der Waals surface area contributed by atoms with Crippen LogP contribution in [0.5, 0.6) is 5.75 Å². The summed E-state index contributed by atoms with van der Waals surface area (Å²) in [6, 6.07) is 4.17. The number of halogens is 2. The van der Waals surface area contributed by atoms with Gasteiger partial charge in [0.2, 0.25) is 5.91 Å². The average Bonchev–Trinajstić information content (AvgIpc) is 3.00. The molecular weight excluding hydrogens is 312 g/mol. The third-order valence-corrected chi connectivity index (χ3v) is 2.74. The van der Waals surface area contributed by atoms with Crippen LogP contribution in [0.1, 0.15) is 16.2 Å². The van der Waals surface area contributed by atoms with Gasteiger partial charge in [-0.1, -0.05) is 5.16 Å². The Balaban J connectivity index is 1.91. The Morgan fingerprint density at radius 1 is 1.30 bits per heavy atom.